The highest BCUT2D eigenvalue weighted by Crippen LogP contribution is 2.31. The Bertz CT molecular complexity index is 439. The molecule has 0 amide bonds. The van der Waals surface area contributed by atoms with Gasteiger partial charge in [-0.2, -0.15) is 0 Å². The second kappa shape index (κ2) is 5.04. The molecule has 1 aromatic rings. The van der Waals surface area contributed by atoms with Crippen LogP contribution in [0.1, 0.15) is 26.3 Å². The molecule has 0 saturated heterocycles. The maximum absolute atomic E-state index is 10.8. The molecular weight excluding hydrogens is 284 g/mol. The molecule has 0 fully saturated rings. The third-order valence-electron chi connectivity index (χ3n) is 2.29. The number of aryl methyl sites for hydroxylation is 1. The maximum atomic E-state index is 10.8. The van der Waals surface area contributed by atoms with Crippen LogP contribution >= 0.6 is 15.9 Å². The molecule has 0 bridgehead atoms. The number of benzene rings is 1. The fraction of sp³-hybridized carbons (Fsp3) is 0.500. The van der Waals surface area contributed by atoms with Crippen molar-refractivity contribution in [1.29, 1.82) is 0 Å². The molecule has 0 radical (unpaired) electrons. The van der Waals surface area contributed by atoms with E-state index in [9.17, 15) is 10.1 Å². The number of nitro groups is 1. The Hall–Kier alpha value is -1.10. The van der Waals surface area contributed by atoms with Crippen molar-refractivity contribution < 1.29 is 4.92 Å². The summed E-state index contributed by atoms with van der Waals surface area (Å²) in [6.07, 6.45) is 0. The summed E-state index contributed by atoms with van der Waals surface area (Å²) in [5.74, 6) is 0. The Balaban J connectivity index is 2.96. The molecule has 1 rings (SSSR count). The van der Waals surface area contributed by atoms with Gasteiger partial charge in [0.05, 0.1) is 4.92 Å². The zero-order chi connectivity index (χ0) is 13.2. The standard InChI is InChI=1S/C12H17BrN2O2/c1-8-5-10(14-7-12(2,3)4)9(13)6-11(8)15(16)17/h5-6,14H,7H2,1-4H3. The smallest absolute Gasteiger partial charge is 0.273 e. The minimum Gasteiger partial charge on any atom is -0.384 e. The highest BCUT2D eigenvalue weighted by molar-refractivity contribution is 9.10. The molecule has 0 atom stereocenters. The third kappa shape index (κ3) is 4.00. The van der Waals surface area contributed by atoms with E-state index in [1.54, 1.807) is 19.1 Å². The second-order valence-corrected chi connectivity index (χ2v) is 6.14. The fourth-order valence-corrected chi connectivity index (χ4v) is 1.84. The van der Waals surface area contributed by atoms with Crippen LogP contribution in [0.3, 0.4) is 0 Å². The molecule has 0 aliphatic carbocycles. The first-order valence-electron chi connectivity index (χ1n) is 5.39. The third-order valence-corrected chi connectivity index (χ3v) is 2.95. The summed E-state index contributed by atoms with van der Waals surface area (Å²) in [7, 11) is 0. The zero-order valence-corrected chi connectivity index (χ0v) is 12.1. The van der Waals surface area contributed by atoms with E-state index >= 15 is 0 Å². The van der Waals surface area contributed by atoms with Crippen LogP contribution in [0.15, 0.2) is 16.6 Å². The van der Waals surface area contributed by atoms with Gasteiger partial charge in [-0.15, -0.1) is 0 Å². The number of nitrogens with one attached hydrogen (secondary N) is 1. The van der Waals surface area contributed by atoms with Crippen LogP contribution in [0, 0.1) is 22.5 Å². The van der Waals surface area contributed by atoms with Gasteiger partial charge in [0.25, 0.3) is 5.69 Å². The van der Waals surface area contributed by atoms with Gasteiger partial charge in [0.15, 0.2) is 0 Å². The second-order valence-electron chi connectivity index (χ2n) is 5.29. The Labute approximate surface area is 110 Å². The zero-order valence-electron chi connectivity index (χ0n) is 10.5. The molecule has 0 aliphatic rings. The van der Waals surface area contributed by atoms with E-state index in [-0.39, 0.29) is 16.0 Å². The van der Waals surface area contributed by atoms with Gasteiger partial charge in [0, 0.05) is 28.3 Å². The van der Waals surface area contributed by atoms with E-state index in [2.05, 4.69) is 42.0 Å². The van der Waals surface area contributed by atoms with Crippen molar-refractivity contribution in [3.8, 4) is 0 Å². The Morgan fingerprint density at radius 3 is 2.47 bits per heavy atom. The van der Waals surface area contributed by atoms with E-state index in [1.165, 1.54) is 0 Å². The largest absolute Gasteiger partial charge is 0.384 e. The van der Waals surface area contributed by atoms with Gasteiger partial charge < -0.3 is 5.32 Å². The predicted molar refractivity (Wildman–Crippen MR) is 73.5 cm³/mol. The lowest BCUT2D eigenvalue weighted by Crippen LogP contribution is -2.19. The van der Waals surface area contributed by atoms with Crippen LogP contribution in [-0.2, 0) is 0 Å². The van der Waals surface area contributed by atoms with Crippen molar-refractivity contribution in [3.63, 3.8) is 0 Å². The van der Waals surface area contributed by atoms with Crippen LogP contribution in [0.25, 0.3) is 0 Å². The number of halogens is 1. The molecule has 1 aromatic carbocycles. The molecular formula is C12H17BrN2O2. The van der Waals surface area contributed by atoms with Crippen molar-refractivity contribution in [2.75, 3.05) is 11.9 Å². The molecule has 4 nitrogen and oxygen atoms in total. The Morgan fingerprint density at radius 1 is 1.41 bits per heavy atom. The van der Waals surface area contributed by atoms with Crippen LogP contribution in [-0.4, -0.2) is 11.5 Å². The summed E-state index contributed by atoms with van der Waals surface area (Å²) in [6.45, 7) is 8.94. The molecule has 0 saturated carbocycles. The number of nitrogens with zero attached hydrogens (tertiary/aromatic N) is 1. The molecule has 0 spiro atoms. The number of anilines is 1. The summed E-state index contributed by atoms with van der Waals surface area (Å²) < 4.78 is 0.721. The van der Waals surface area contributed by atoms with E-state index in [0.717, 1.165) is 16.7 Å². The van der Waals surface area contributed by atoms with Crippen LogP contribution in [0.5, 0.6) is 0 Å². The van der Waals surface area contributed by atoms with Gasteiger partial charge in [-0.05, 0) is 34.3 Å². The minimum atomic E-state index is -0.367. The number of rotatable bonds is 3. The summed E-state index contributed by atoms with van der Waals surface area (Å²) in [5, 5.41) is 14.1. The number of nitro benzene ring substituents is 1. The average Bonchev–Trinajstić information content (AvgIpc) is 2.17. The predicted octanol–water partition coefficient (Wildman–Crippen LogP) is 4.12. The Kier molecular flexibility index (Phi) is 4.14. The number of hydrogen-bond donors (Lipinski definition) is 1. The first kappa shape index (κ1) is 14.0. The first-order chi connectivity index (χ1) is 7.70. The van der Waals surface area contributed by atoms with Crippen molar-refractivity contribution in [2.45, 2.75) is 27.7 Å². The lowest BCUT2D eigenvalue weighted by molar-refractivity contribution is -0.385. The van der Waals surface area contributed by atoms with Crippen molar-refractivity contribution in [1.82, 2.24) is 0 Å². The molecule has 1 N–H and O–H groups in total. The van der Waals surface area contributed by atoms with E-state index < -0.39 is 0 Å². The number of hydrogen-bond acceptors (Lipinski definition) is 3. The lowest BCUT2D eigenvalue weighted by Gasteiger charge is -2.20. The average molecular weight is 301 g/mol. The van der Waals surface area contributed by atoms with Gasteiger partial charge in [-0.3, -0.25) is 10.1 Å². The first-order valence-corrected chi connectivity index (χ1v) is 6.18. The quantitative estimate of drug-likeness (QED) is 0.675. The van der Waals surface area contributed by atoms with Crippen LogP contribution in [0.4, 0.5) is 11.4 Å². The van der Waals surface area contributed by atoms with Gasteiger partial charge in [0.2, 0.25) is 0 Å². The van der Waals surface area contributed by atoms with Crippen molar-refractivity contribution >= 4 is 27.3 Å². The molecule has 0 heterocycles. The molecule has 0 aromatic heterocycles. The molecule has 94 valence electrons. The highest BCUT2D eigenvalue weighted by Gasteiger charge is 2.15. The van der Waals surface area contributed by atoms with Gasteiger partial charge in [-0.1, -0.05) is 20.8 Å². The summed E-state index contributed by atoms with van der Waals surface area (Å²) in [6, 6.07) is 3.34. The molecule has 0 unspecified atom stereocenters. The lowest BCUT2D eigenvalue weighted by atomic mass is 9.97. The monoisotopic (exact) mass is 300 g/mol. The summed E-state index contributed by atoms with van der Waals surface area (Å²) in [5.41, 5.74) is 1.85. The molecule has 5 heteroatoms. The van der Waals surface area contributed by atoms with Crippen LogP contribution in [0.2, 0.25) is 0 Å². The molecule has 0 aliphatic heterocycles. The van der Waals surface area contributed by atoms with Crippen molar-refractivity contribution in [3.05, 3.63) is 32.3 Å². The topological polar surface area (TPSA) is 55.2 Å². The van der Waals surface area contributed by atoms with E-state index in [4.69, 9.17) is 0 Å². The van der Waals surface area contributed by atoms with Gasteiger partial charge in [-0.25, -0.2) is 0 Å². The summed E-state index contributed by atoms with van der Waals surface area (Å²) >= 11 is 3.35. The van der Waals surface area contributed by atoms with E-state index in [0.29, 0.717) is 5.56 Å². The van der Waals surface area contributed by atoms with Crippen LogP contribution < -0.4 is 5.32 Å². The summed E-state index contributed by atoms with van der Waals surface area (Å²) in [4.78, 5) is 10.4. The Morgan fingerprint density at radius 2 is 2.00 bits per heavy atom. The van der Waals surface area contributed by atoms with Gasteiger partial charge in [0.1, 0.15) is 0 Å². The SMILES string of the molecule is Cc1cc(NCC(C)(C)C)c(Br)cc1[N+](=O)[O-]. The molecule has 17 heavy (non-hydrogen) atoms. The minimum absolute atomic E-state index is 0.137. The van der Waals surface area contributed by atoms with Gasteiger partial charge >= 0.3 is 0 Å². The van der Waals surface area contributed by atoms with Crippen molar-refractivity contribution in [2.24, 2.45) is 5.41 Å². The maximum Gasteiger partial charge on any atom is 0.273 e. The fourth-order valence-electron chi connectivity index (χ4n) is 1.36. The van der Waals surface area contributed by atoms with E-state index in [1.807, 2.05) is 0 Å². The highest BCUT2D eigenvalue weighted by atomic mass is 79.9. The normalized spacial score (nSPS) is 11.4.